The number of nitrogens with zero attached hydrogens (tertiary/aromatic N) is 2. The van der Waals surface area contributed by atoms with Gasteiger partial charge in [0.25, 0.3) is 5.91 Å². The number of rotatable bonds is 4. The van der Waals surface area contributed by atoms with E-state index in [-0.39, 0.29) is 30.7 Å². The van der Waals surface area contributed by atoms with E-state index >= 15 is 0 Å². The molecule has 3 rings (SSSR count). The molecule has 0 aliphatic rings. The largest absolute Gasteiger partial charge is 0.351 e. The predicted octanol–water partition coefficient (Wildman–Crippen LogP) is 4.18. The molecule has 7 heteroatoms. The number of carbonyl (C=O) groups excluding carboxylic acids is 1. The van der Waals surface area contributed by atoms with Crippen molar-refractivity contribution in [3.05, 3.63) is 53.1 Å². The second-order valence-electron chi connectivity index (χ2n) is 5.73. The summed E-state index contributed by atoms with van der Waals surface area (Å²) < 4.78 is 0. The van der Waals surface area contributed by atoms with Gasteiger partial charge in [0, 0.05) is 23.9 Å². The molecule has 0 unspecified atom stereocenters. The van der Waals surface area contributed by atoms with Gasteiger partial charge in [-0.3, -0.25) is 4.79 Å². The number of carbonyl (C=O) groups is 1. The van der Waals surface area contributed by atoms with Gasteiger partial charge in [-0.05, 0) is 38.4 Å². The highest BCUT2D eigenvalue weighted by molar-refractivity contribution is 6.36. The van der Waals surface area contributed by atoms with Crippen molar-refractivity contribution >= 4 is 64.1 Å². The number of hydrogen-bond donors (Lipinski definition) is 1. The van der Waals surface area contributed by atoms with E-state index in [4.69, 9.17) is 11.6 Å². The third-order valence-corrected chi connectivity index (χ3v) is 4.05. The maximum atomic E-state index is 12.5. The summed E-state index contributed by atoms with van der Waals surface area (Å²) in [5.74, 6) is -0.128. The third-order valence-electron chi connectivity index (χ3n) is 3.72. The zero-order valence-electron chi connectivity index (χ0n) is 14.0. The van der Waals surface area contributed by atoms with Crippen LogP contribution in [0.5, 0.6) is 0 Å². The lowest BCUT2D eigenvalue weighted by molar-refractivity contribution is 0.0952. The fraction of sp³-hybridized carbons (Fsp3) is 0.222. The van der Waals surface area contributed by atoms with E-state index in [2.05, 4.69) is 10.3 Å². The highest BCUT2D eigenvalue weighted by Gasteiger charge is 2.14. The Morgan fingerprint density at radius 2 is 1.88 bits per heavy atom. The topological polar surface area (TPSA) is 45.2 Å². The van der Waals surface area contributed by atoms with Crippen molar-refractivity contribution in [2.24, 2.45) is 0 Å². The molecule has 0 aliphatic heterocycles. The van der Waals surface area contributed by atoms with Gasteiger partial charge in [-0.25, -0.2) is 4.98 Å². The first-order chi connectivity index (χ1) is 11.1. The van der Waals surface area contributed by atoms with Crippen molar-refractivity contribution in [2.75, 3.05) is 27.2 Å². The third kappa shape index (κ3) is 4.73. The van der Waals surface area contributed by atoms with Crippen LogP contribution in [0.2, 0.25) is 5.02 Å². The zero-order valence-corrected chi connectivity index (χ0v) is 16.3. The molecule has 0 fully saturated rings. The monoisotopic (exact) mass is 399 g/mol. The quantitative estimate of drug-likeness (QED) is 0.668. The second-order valence-corrected chi connectivity index (χ2v) is 6.14. The van der Waals surface area contributed by atoms with Crippen LogP contribution in [0.15, 0.2) is 42.5 Å². The number of hydrogen-bond acceptors (Lipinski definition) is 3. The van der Waals surface area contributed by atoms with Gasteiger partial charge in [0.05, 0.1) is 21.6 Å². The zero-order chi connectivity index (χ0) is 16.4. The van der Waals surface area contributed by atoms with Gasteiger partial charge in [0.1, 0.15) is 0 Å². The number of likely N-dealkylation sites (N-methyl/N-ethyl adjacent to an activating group) is 1. The Morgan fingerprint density at radius 3 is 2.60 bits per heavy atom. The normalized spacial score (nSPS) is 10.4. The first-order valence-electron chi connectivity index (χ1n) is 7.47. The average Bonchev–Trinajstić information content (AvgIpc) is 2.53. The Hall–Kier alpha value is -1.59. The molecule has 1 N–H and O–H groups in total. The average molecular weight is 401 g/mol. The maximum absolute atomic E-state index is 12.5. The van der Waals surface area contributed by atoms with Crippen molar-refractivity contribution < 1.29 is 4.79 Å². The fourth-order valence-corrected chi connectivity index (χ4v) is 2.71. The van der Waals surface area contributed by atoms with Crippen LogP contribution in [-0.4, -0.2) is 43.0 Å². The molecule has 0 saturated heterocycles. The van der Waals surface area contributed by atoms with Crippen LogP contribution in [0.25, 0.3) is 21.8 Å². The summed E-state index contributed by atoms with van der Waals surface area (Å²) in [4.78, 5) is 19.1. The van der Waals surface area contributed by atoms with Crippen LogP contribution < -0.4 is 5.32 Å². The number of aromatic nitrogens is 1. The first-order valence-corrected chi connectivity index (χ1v) is 7.85. The van der Waals surface area contributed by atoms with Crippen molar-refractivity contribution in [2.45, 2.75) is 0 Å². The van der Waals surface area contributed by atoms with E-state index in [0.29, 0.717) is 22.6 Å². The standard InChI is InChI=1S/C18H18ClN3O.2ClH/c1-22(2)10-9-20-18(23)13-7-8-15(19)14-11-12-5-3-4-6-16(12)21-17(13)14;;/h3-8,11H,9-10H2,1-2H3,(H,20,23);2*1H. The molecule has 1 heterocycles. The van der Waals surface area contributed by atoms with Gasteiger partial charge in [0.2, 0.25) is 0 Å². The van der Waals surface area contributed by atoms with Crippen molar-refractivity contribution in [1.29, 1.82) is 0 Å². The van der Waals surface area contributed by atoms with Gasteiger partial charge >= 0.3 is 0 Å². The lowest BCUT2D eigenvalue weighted by Gasteiger charge is -2.12. The highest BCUT2D eigenvalue weighted by Crippen LogP contribution is 2.28. The Morgan fingerprint density at radius 1 is 1.16 bits per heavy atom. The molecular weight excluding hydrogens is 381 g/mol. The minimum atomic E-state index is -0.128. The minimum Gasteiger partial charge on any atom is -0.351 e. The lowest BCUT2D eigenvalue weighted by Crippen LogP contribution is -2.31. The second kappa shape index (κ2) is 9.20. The van der Waals surface area contributed by atoms with Gasteiger partial charge in [-0.1, -0.05) is 29.8 Å². The van der Waals surface area contributed by atoms with Crippen LogP contribution in [0.1, 0.15) is 10.4 Å². The van der Waals surface area contributed by atoms with Gasteiger partial charge in [0.15, 0.2) is 0 Å². The lowest BCUT2D eigenvalue weighted by atomic mass is 10.1. The van der Waals surface area contributed by atoms with E-state index in [1.165, 1.54) is 0 Å². The molecule has 0 saturated carbocycles. The molecule has 0 aliphatic carbocycles. The van der Waals surface area contributed by atoms with E-state index in [9.17, 15) is 4.79 Å². The smallest absolute Gasteiger partial charge is 0.253 e. The summed E-state index contributed by atoms with van der Waals surface area (Å²) in [6, 6.07) is 13.3. The van der Waals surface area contributed by atoms with Crippen LogP contribution in [0, 0.1) is 0 Å². The number of para-hydroxylation sites is 1. The molecule has 134 valence electrons. The Kier molecular flexibility index (Phi) is 7.90. The number of pyridine rings is 1. The number of nitrogens with one attached hydrogen (secondary N) is 1. The SMILES string of the molecule is CN(C)CCNC(=O)c1ccc(Cl)c2cc3ccccc3nc12.Cl.Cl. The van der Waals surface area contributed by atoms with Gasteiger partial charge in [-0.2, -0.15) is 0 Å². The number of halogens is 3. The van der Waals surface area contributed by atoms with Gasteiger partial charge in [-0.15, -0.1) is 24.8 Å². The summed E-state index contributed by atoms with van der Waals surface area (Å²) >= 11 is 6.30. The van der Waals surface area contributed by atoms with Crippen LogP contribution in [0.4, 0.5) is 0 Å². The summed E-state index contributed by atoms with van der Waals surface area (Å²) in [6.45, 7) is 1.37. The van der Waals surface area contributed by atoms with Gasteiger partial charge < -0.3 is 10.2 Å². The van der Waals surface area contributed by atoms with Crippen molar-refractivity contribution in [3.63, 3.8) is 0 Å². The summed E-state index contributed by atoms with van der Waals surface area (Å²) in [7, 11) is 3.94. The van der Waals surface area contributed by atoms with Crippen molar-refractivity contribution in [3.8, 4) is 0 Å². The molecule has 4 nitrogen and oxygen atoms in total. The number of benzene rings is 2. The molecular formula is C18H20Cl3N3O. The maximum Gasteiger partial charge on any atom is 0.253 e. The molecule has 2 aromatic carbocycles. The van der Waals surface area contributed by atoms with Crippen LogP contribution in [0.3, 0.4) is 0 Å². The molecule has 25 heavy (non-hydrogen) atoms. The molecule has 0 radical (unpaired) electrons. The Labute approximate surface area is 164 Å². The predicted molar refractivity (Wildman–Crippen MR) is 110 cm³/mol. The van der Waals surface area contributed by atoms with E-state index < -0.39 is 0 Å². The molecule has 3 aromatic rings. The summed E-state index contributed by atoms with van der Waals surface area (Å²) in [5, 5.41) is 5.33. The van der Waals surface area contributed by atoms with Crippen LogP contribution >= 0.6 is 36.4 Å². The number of fused-ring (bicyclic) bond motifs is 2. The molecule has 0 bridgehead atoms. The van der Waals surface area contributed by atoms with Crippen LogP contribution in [-0.2, 0) is 0 Å². The molecule has 0 spiro atoms. The van der Waals surface area contributed by atoms with E-state index in [0.717, 1.165) is 22.8 Å². The molecule has 0 atom stereocenters. The summed E-state index contributed by atoms with van der Waals surface area (Å²) in [6.07, 6.45) is 0. The molecule has 1 aromatic heterocycles. The summed E-state index contributed by atoms with van der Waals surface area (Å²) in [5.41, 5.74) is 2.04. The molecule has 1 amide bonds. The van der Waals surface area contributed by atoms with E-state index in [1.54, 1.807) is 12.1 Å². The Balaban J connectivity index is 0.00000156. The Bertz CT molecular complexity index is 884. The van der Waals surface area contributed by atoms with Crippen molar-refractivity contribution in [1.82, 2.24) is 15.2 Å². The highest BCUT2D eigenvalue weighted by atomic mass is 35.5. The first kappa shape index (κ1) is 21.5. The minimum absolute atomic E-state index is 0. The fourth-order valence-electron chi connectivity index (χ4n) is 2.50. The number of amides is 1. The van der Waals surface area contributed by atoms with E-state index in [1.807, 2.05) is 49.3 Å².